The van der Waals surface area contributed by atoms with Gasteiger partial charge in [-0.1, -0.05) is 18.2 Å². The molecule has 0 saturated heterocycles. The van der Waals surface area contributed by atoms with Crippen molar-refractivity contribution in [2.24, 2.45) is 0 Å². The van der Waals surface area contributed by atoms with Crippen LogP contribution in [-0.2, 0) is 14.7 Å². The molecule has 92 valence electrons. The zero-order chi connectivity index (χ0) is 13.0. The molecule has 0 amide bonds. The van der Waals surface area contributed by atoms with Crippen LogP contribution in [0.3, 0.4) is 0 Å². The Balaban J connectivity index is 0.000000385. The molecule has 1 rings (SSSR count). The Bertz CT molecular complexity index is 481. The maximum absolute atomic E-state index is 10.6. The fourth-order valence-electron chi connectivity index (χ4n) is 0.846. The highest BCUT2D eigenvalue weighted by Crippen LogP contribution is 2.26. The normalized spacial score (nSPS) is 11.6. The molecule has 0 aliphatic rings. The van der Waals surface area contributed by atoms with Gasteiger partial charge in [0, 0.05) is 6.66 Å². The first-order valence-electron chi connectivity index (χ1n) is 4.08. The lowest BCUT2D eigenvalue weighted by atomic mass is 10.2. The van der Waals surface area contributed by atoms with E-state index in [-0.39, 0.29) is 4.90 Å². The van der Waals surface area contributed by atoms with E-state index in [0.717, 1.165) is 6.66 Å². The van der Waals surface area contributed by atoms with E-state index in [1.165, 1.54) is 6.07 Å². The Kier molecular flexibility index (Phi) is 5.31. The summed E-state index contributed by atoms with van der Waals surface area (Å²) in [5, 5.41) is 0. The predicted octanol–water partition coefficient (Wildman–Crippen LogP) is 1.04. The van der Waals surface area contributed by atoms with Gasteiger partial charge in [-0.25, -0.2) is 0 Å². The Morgan fingerprint density at radius 1 is 1.19 bits per heavy atom. The minimum Gasteiger partial charge on any atom is -0.325 e. The number of rotatable bonds is 1. The molecule has 0 atom stereocenters. The molecule has 0 bridgehead atoms. The van der Waals surface area contributed by atoms with E-state index >= 15 is 0 Å². The first-order chi connectivity index (χ1) is 7.02. The molecular formula is C8H13O6PS. The molecule has 3 N–H and O–H groups in total. The van der Waals surface area contributed by atoms with Crippen LogP contribution in [0.15, 0.2) is 29.2 Å². The molecule has 0 aliphatic heterocycles. The van der Waals surface area contributed by atoms with Crippen LogP contribution in [0.5, 0.6) is 0 Å². The van der Waals surface area contributed by atoms with Crippen molar-refractivity contribution < 1.29 is 27.3 Å². The molecule has 0 unspecified atom stereocenters. The third-order valence-electron chi connectivity index (χ3n) is 1.37. The molecular weight excluding hydrogens is 255 g/mol. The highest BCUT2D eigenvalue weighted by molar-refractivity contribution is 7.85. The molecule has 0 heterocycles. The van der Waals surface area contributed by atoms with Gasteiger partial charge >= 0.3 is 7.60 Å². The van der Waals surface area contributed by atoms with Crippen molar-refractivity contribution >= 4 is 17.7 Å². The van der Waals surface area contributed by atoms with Crippen LogP contribution < -0.4 is 0 Å². The fourth-order valence-corrected chi connectivity index (χ4v) is 1.57. The zero-order valence-corrected chi connectivity index (χ0v) is 10.4. The second-order valence-corrected chi connectivity index (χ2v) is 6.14. The lowest BCUT2D eigenvalue weighted by Crippen LogP contribution is -1.99. The Morgan fingerprint density at radius 3 is 1.81 bits per heavy atom. The summed E-state index contributed by atoms with van der Waals surface area (Å²) in [6.45, 7) is 2.48. The lowest BCUT2D eigenvalue weighted by molar-refractivity contribution is 0.381. The van der Waals surface area contributed by atoms with E-state index in [4.69, 9.17) is 14.3 Å². The van der Waals surface area contributed by atoms with Crippen molar-refractivity contribution in [2.45, 2.75) is 11.8 Å². The number of hydrogen-bond donors (Lipinski definition) is 3. The minimum atomic E-state index is -4.03. The maximum atomic E-state index is 10.6. The smallest absolute Gasteiger partial charge is 0.322 e. The molecule has 6 nitrogen and oxygen atoms in total. The van der Waals surface area contributed by atoms with Gasteiger partial charge in [-0.3, -0.25) is 9.12 Å². The highest BCUT2D eigenvalue weighted by atomic mass is 32.2. The van der Waals surface area contributed by atoms with Crippen LogP contribution >= 0.6 is 7.60 Å². The summed E-state index contributed by atoms with van der Waals surface area (Å²) in [5.41, 5.74) is 0.551. The molecule has 1 aromatic carbocycles. The average molecular weight is 268 g/mol. The largest absolute Gasteiger partial charge is 0.325 e. The van der Waals surface area contributed by atoms with Crippen molar-refractivity contribution in [1.82, 2.24) is 0 Å². The van der Waals surface area contributed by atoms with Gasteiger partial charge in [-0.05, 0) is 18.6 Å². The van der Waals surface area contributed by atoms with E-state index in [1.54, 1.807) is 25.1 Å². The van der Waals surface area contributed by atoms with Gasteiger partial charge in [-0.2, -0.15) is 8.42 Å². The third kappa shape index (κ3) is 7.56. The lowest BCUT2D eigenvalue weighted by Gasteiger charge is -1.99. The van der Waals surface area contributed by atoms with Crippen molar-refractivity contribution in [3.63, 3.8) is 0 Å². The van der Waals surface area contributed by atoms with E-state index in [9.17, 15) is 13.0 Å². The van der Waals surface area contributed by atoms with Gasteiger partial charge in [0.05, 0.1) is 4.90 Å². The van der Waals surface area contributed by atoms with Gasteiger partial charge in [0.1, 0.15) is 0 Å². The van der Waals surface area contributed by atoms with Crippen molar-refractivity contribution in [3.05, 3.63) is 29.8 Å². The van der Waals surface area contributed by atoms with E-state index < -0.39 is 17.7 Å². The summed E-state index contributed by atoms with van der Waals surface area (Å²) >= 11 is 0. The van der Waals surface area contributed by atoms with E-state index in [0.29, 0.717) is 5.56 Å². The third-order valence-corrected chi connectivity index (χ3v) is 2.39. The van der Waals surface area contributed by atoms with Gasteiger partial charge in [0.15, 0.2) is 0 Å². The quantitative estimate of drug-likeness (QED) is 0.518. The summed E-state index contributed by atoms with van der Waals surface area (Å²) < 4.78 is 39.2. The Morgan fingerprint density at radius 2 is 1.56 bits per heavy atom. The number of hydrogen-bond acceptors (Lipinski definition) is 3. The highest BCUT2D eigenvalue weighted by Gasteiger charge is 2.10. The average Bonchev–Trinajstić information content (AvgIpc) is 1.99. The summed E-state index contributed by atoms with van der Waals surface area (Å²) in [5.74, 6) is 0. The second-order valence-electron chi connectivity index (χ2n) is 3.08. The Labute approximate surface area is 93.8 Å². The first-order valence-corrected chi connectivity index (χ1v) is 7.58. The SMILES string of the molecule is CP(=O)(O)O.Cc1ccccc1S(=O)(=O)O. The van der Waals surface area contributed by atoms with Crippen molar-refractivity contribution in [2.75, 3.05) is 6.66 Å². The van der Waals surface area contributed by atoms with Crippen LogP contribution in [0, 0.1) is 6.92 Å². The number of aryl methyl sites for hydroxylation is 1. The maximum Gasteiger partial charge on any atom is 0.322 e. The van der Waals surface area contributed by atoms with Gasteiger partial charge < -0.3 is 9.79 Å². The van der Waals surface area contributed by atoms with Crippen LogP contribution in [0.25, 0.3) is 0 Å². The molecule has 0 aromatic heterocycles. The predicted molar refractivity (Wildman–Crippen MR) is 59.0 cm³/mol. The second kappa shape index (κ2) is 5.56. The summed E-state index contributed by atoms with van der Waals surface area (Å²) in [7, 11) is -7.67. The fraction of sp³-hybridized carbons (Fsp3) is 0.250. The molecule has 0 fully saturated rings. The summed E-state index contributed by atoms with van der Waals surface area (Å²) in [6, 6.07) is 6.27. The van der Waals surface area contributed by atoms with Gasteiger partial charge in [0.2, 0.25) is 0 Å². The summed E-state index contributed by atoms with van der Waals surface area (Å²) in [6.07, 6.45) is 0. The van der Waals surface area contributed by atoms with Crippen molar-refractivity contribution in [1.29, 1.82) is 0 Å². The Hall–Kier alpha value is -0.720. The molecule has 1 aromatic rings. The topological polar surface area (TPSA) is 112 Å². The van der Waals surface area contributed by atoms with Crippen LogP contribution in [0.2, 0.25) is 0 Å². The molecule has 8 heteroatoms. The van der Waals surface area contributed by atoms with Gasteiger partial charge in [-0.15, -0.1) is 0 Å². The molecule has 0 radical (unpaired) electrons. The molecule has 0 aliphatic carbocycles. The molecule has 0 saturated carbocycles. The van der Waals surface area contributed by atoms with Crippen molar-refractivity contribution in [3.8, 4) is 0 Å². The van der Waals surface area contributed by atoms with Crippen LogP contribution in [0.1, 0.15) is 5.56 Å². The molecule has 0 spiro atoms. The number of benzene rings is 1. The zero-order valence-electron chi connectivity index (χ0n) is 8.73. The minimum absolute atomic E-state index is 0.0278. The first kappa shape index (κ1) is 15.3. The van der Waals surface area contributed by atoms with E-state index in [2.05, 4.69) is 0 Å². The summed E-state index contributed by atoms with van der Waals surface area (Å²) in [4.78, 5) is 15.2. The standard InChI is InChI=1S/C7H8O3S.CH5O3P/c1-6-4-2-3-5-7(6)11(8,9)10;1-5(2,3)4/h2-5H,1H3,(H,8,9,10);1H3,(H2,2,3,4). The van der Waals surface area contributed by atoms with E-state index in [1.807, 2.05) is 0 Å². The van der Waals surface area contributed by atoms with Gasteiger partial charge in [0.25, 0.3) is 10.1 Å². The van der Waals surface area contributed by atoms with Crippen LogP contribution in [0.4, 0.5) is 0 Å². The van der Waals surface area contributed by atoms with Crippen LogP contribution in [-0.4, -0.2) is 29.4 Å². The monoisotopic (exact) mass is 268 g/mol. The molecule has 16 heavy (non-hydrogen) atoms.